The molecular formula is C11H17IO. The number of hydrogen-bond donors (Lipinski definition) is 0. The Morgan fingerprint density at radius 1 is 1.54 bits per heavy atom. The molecule has 0 spiro atoms. The van der Waals surface area contributed by atoms with Crippen LogP contribution in [-0.2, 0) is 4.79 Å². The quantitative estimate of drug-likeness (QED) is 0.536. The number of carbonyl (C=O) groups excluding carboxylic acids is 1. The zero-order valence-electron chi connectivity index (χ0n) is 8.35. The Labute approximate surface area is 93.8 Å². The molecule has 13 heavy (non-hydrogen) atoms. The number of carbonyl (C=O) groups is 1. The predicted molar refractivity (Wildman–Crippen MR) is 62.0 cm³/mol. The first kappa shape index (κ1) is 9.94. The molecule has 0 bridgehead atoms. The predicted octanol–water partition coefficient (Wildman–Crippen LogP) is 3.06. The fourth-order valence-electron chi connectivity index (χ4n) is 3.44. The lowest BCUT2D eigenvalue weighted by molar-refractivity contribution is -0.121. The molecule has 0 aromatic carbocycles. The number of fused-ring (bicyclic) bond motifs is 1. The summed E-state index contributed by atoms with van der Waals surface area (Å²) in [6.07, 6.45) is 3.27. The van der Waals surface area contributed by atoms with Crippen molar-refractivity contribution in [2.75, 3.05) is 4.43 Å². The van der Waals surface area contributed by atoms with Gasteiger partial charge in [0.05, 0.1) is 0 Å². The third kappa shape index (κ3) is 1.45. The van der Waals surface area contributed by atoms with E-state index in [1.807, 2.05) is 0 Å². The van der Waals surface area contributed by atoms with Crippen LogP contribution in [0.2, 0.25) is 0 Å². The van der Waals surface area contributed by atoms with Crippen molar-refractivity contribution >= 4 is 28.4 Å². The van der Waals surface area contributed by atoms with Gasteiger partial charge in [-0.3, -0.25) is 4.79 Å². The first-order chi connectivity index (χ1) is 6.06. The van der Waals surface area contributed by atoms with E-state index in [9.17, 15) is 4.79 Å². The third-order valence-corrected chi connectivity index (χ3v) is 5.14. The molecule has 0 radical (unpaired) electrons. The van der Waals surface area contributed by atoms with Crippen LogP contribution in [0, 0.1) is 23.2 Å². The summed E-state index contributed by atoms with van der Waals surface area (Å²) in [7, 11) is 0. The summed E-state index contributed by atoms with van der Waals surface area (Å²) in [6, 6.07) is 0. The first-order valence-corrected chi connectivity index (χ1v) is 6.67. The molecule has 74 valence electrons. The van der Waals surface area contributed by atoms with E-state index in [4.69, 9.17) is 0 Å². The van der Waals surface area contributed by atoms with Crippen LogP contribution in [0.4, 0.5) is 0 Å². The van der Waals surface area contributed by atoms with Crippen LogP contribution >= 0.6 is 22.6 Å². The summed E-state index contributed by atoms with van der Waals surface area (Å²) in [6.45, 7) is 4.69. The summed E-state index contributed by atoms with van der Waals surface area (Å²) in [5.74, 6) is 2.35. The molecule has 0 N–H and O–H groups in total. The largest absolute Gasteiger partial charge is 0.299 e. The van der Waals surface area contributed by atoms with E-state index in [1.165, 1.54) is 6.42 Å². The molecule has 0 saturated heterocycles. The fraction of sp³-hybridized carbons (Fsp3) is 0.909. The average Bonchev–Trinajstić information content (AvgIpc) is 2.54. The highest BCUT2D eigenvalue weighted by atomic mass is 127. The van der Waals surface area contributed by atoms with E-state index in [2.05, 4.69) is 36.4 Å². The smallest absolute Gasteiger partial charge is 0.136 e. The second-order valence-corrected chi connectivity index (χ2v) is 6.13. The lowest BCUT2D eigenvalue weighted by atomic mass is 9.80. The van der Waals surface area contributed by atoms with Gasteiger partial charge < -0.3 is 0 Å². The van der Waals surface area contributed by atoms with Crippen LogP contribution in [0.1, 0.15) is 33.1 Å². The van der Waals surface area contributed by atoms with Gasteiger partial charge in [0.1, 0.15) is 5.78 Å². The topological polar surface area (TPSA) is 17.1 Å². The molecule has 3 atom stereocenters. The summed E-state index contributed by atoms with van der Waals surface area (Å²) in [5.41, 5.74) is 0.423. The van der Waals surface area contributed by atoms with E-state index in [0.717, 1.165) is 17.3 Å². The molecule has 0 amide bonds. The minimum absolute atomic E-state index is 0.423. The number of halogens is 1. The molecule has 2 fully saturated rings. The molecule has 0 aromatic heterocycles. The minimum atomic E-state index is 0.423. The molecule has 0 heterocycles. The summed E-state index contributed by atoms with van der Waals surface area (Å²) in [5, 5.41) is 0. The molecule has 2 aliphatic rings. The van der Waals surface area contributed by atoms with Crippen molar-refractivity contribution in [3.8, 4) is 0 Å². The van der Waals surface area contributed by atoms with Crippen molar-refractivity contribution in [3.63, 3.8) is 0 Å². The highest BCUT2D eigenvalue weighted by Crippen LogP contribution is 2.56. The molecule has 1 nitrogen and oxygen atoms in total. The zero-order chi connectivity index (χ0) is 9.64. The Morgan fingerprint density at radius 2 is 2.23 bits per heavy atom. The maximum absolute atomic E-state index is 11.7. The van der Waals surface area contributed by atoms with Crippen LogP contribution < -0.4 is 0 Å². The van der Waals surface area contributed by atoms with Crippen LogP contribution in [-0.4, -0.2) is 10.2 Å². The molecular weight excluding hydrogens is 275 g/mol. The van der Waals surface area contributed by atoms with Crippen molar-refractivity contribution < 1.29 is 4.79 Å². The number of alkyl halides is 1. The molecule has 0 unspecified atom stereocenters. The van der Waals surface area contributed by atoms with E-state index < -0.39 is 0 Å². The third-order valence-electron chi connectivity index (χ3n) is 4.01. The van der Waals surface area contributed by atoms with E-state index in [-0.39, 0.29) is 0 Å². The standard InChI is InChI=1S/C11H17IO/c1-11(2)5-7(6-12)10-8(11)3-4-9(10)13/h7-8,10H,3-6H2,1-2H3/t7-,8+,10+/m0/s1. The van der Waals surface area contributed by atoms with Crippen LogP contribution in [0.15, 0.2) is 0 Å². The van der Waals surface area contributed by atoms with Crippen molar-refractivity contribution in [2.24, 2.45) is 23.2 Å². The van der Waals surface area contributed by atoms with Gasteiger partial charge in [-0.2, -0.15) is 0 Å². The van der Waals surface area contributed by atoms with Gasteiger partial charge in [0.25, 0.3) is 0 Å². The molecule has 2 aliphatic carbocycles. The molecule has 2 rings (SSSR count). The first-order valence-electron chi connectivity index (χ1n) is 5.15. The fourth-order valence-corrected chi connectivity index (χ4v) is 4.30. The van der Waals surface area contributed by atoms with E-state index in [1.54, 1.807) is 0 Å². The Hall–Kier alpha value is 0.400. The van der Waals surface area contributed by atoms with Gasteiger partial charge in [0.15, 0.2) is 0 Å². The van der Waals surface area contributed by atoms with Gasteiger partial charge in [0, 0.05) is 16.8 Å². The van der Waals surface area contributed by atoms with E-state index >= 15 is 0 Å². The number of ketones is 1. The lowest BCUT2D eigenvalue weighted by Gasteiger charge is -2.25. The van der Waals surface area contributed by atoms with Crippen molar-refractivity contribution in [2.45, 2.75) is 33.1 Å². The Balaban J connectivity index is 2.26. The maximum Gasteiger partial charge on any atom is 0.136 e. The van der Waals surface area contributed by atoms with Gasteiger partial charge in [-0.15, -0.1) is 0 Å². The van der Waals surface area contributed by atoms with Gasteiger partial charge >= 0.3 is 0 Å². The average molecular weight is 292 g/mol. The Morgan fingerprint density at radius 3 is 2.85 bits per heavy atom. The highest BCUT2D eigenvalue weighted by molar-refractivity contribution is 14.1. The number of rotatable bonds is 1. The summed E-state index contributed by atoms with van der Waals surface area (Å²) >= 11 is 2.44. The number of Topliss-reactive ketones (excluding diaryl/α,β-unsaturated/α-hetero) is 1. The van der Waals surface area contributed by atoms with Gasteiger partial charge in [-0.05, 0) is 30.1 Å². The van der Waals surface area contributed by atoms with Gasteiger partial charge in [-0.1, -0.05) is 36.4 Å². The maximum atomic E-state index is 11.7. The molecule has 2 heteroatoms. The normalized spacial score (nSPS) is 42.4. The SMILES string of the molecule is CC1(C)C[C@@H](CI)[C@H]2C(=O)CC[C@H]21. The Bertz CT molecular complexity index is 234. The van der Waals surface area contributed by atoms with E-state index in [0.29, 0.717) is 29.0 Å². The van der Waals surface area contributed by atoms with Crippen LogP contribution in [0.3, 0.4) is 0 Å². The monoisotopic (exact) mass is 292 g/mol. The lowest BCUT2D eigenvalue weighted by Crippen LogP contribution is -2.21. The van der Waals surface area contributed by atoms with Gasteiger partial charge in [-0.25, -0.2) is 0 Å². The highest BCUT2D eigenvalue weighted by Gasteiger charge is 2.53. The van der Waals surface area contributed by atoms with Crippen LogP contribution in [0.25, 0.3) is 0 Å². The molecule has 0 aliphatic heterocycles. The molecule has 0 aromatic rings. The minimum Gasteiger partial charge on any atom is -0.299 e. The second kappa shape index (κ2) is 3.21. The van der Waals surface area contributed by atoms with Crippen molar-refractivity contribution in [3.05, 3.63) is 0 Å². The second-order valence-electron chi connectivity index (χ2n) is 5.24. The molecule has 2 saturated carbocycles. The zero-order valence-corrected chi connectivity index (χ0v) is 10.5. The van der Waals surface area contributed by atoms with Crippen LogP contribution in [0.5, 0.6) is 0 Å². The Kier molecular flexibility index (Phi) is 2.45. The number of hydrogen-bond acceptors (Lipinski definition) is 1. The van der Waals surface area contributed by atoms with Gasteiger partial charge in [0.2, 0.25) is 0 Å². The van der Waals surface area contributed by atoms with Crippen molar-refractivity contribution in [1.82, 2.24) is 0 Å². The summed E-state index contributed by atoms with van der Waals surface area (Å²) in [4.78, 5) is 11.7. The van der Waals surface area contributed by atoms with Crippen molar-refractivity contribution in [1.29, 1.82) is 0 Å². The summed E-state index contributed by atoms with van der Waals surface area (Å²) < 4.78 is 1.16.